The van der Waals surface area contributed by atoms with E-state index in [0.29, 0.717) is 19.5 Å². The minimum atomic E-state index is -4.65. The van der Waals surface area contributed by atoms with E-state index in [-0.39, 0.29) is 51.7 Å². The minimum absolute atomic E-state index is 0.0682. The van der Waals surface area contributed by atoms with E-state index in [0.717, 1.165) is 31.4 Å². The molecular weight excluding hydrogens is 511 g/mol. The first-order valence-corrected chi connectivity index (χ1v) is 12.6. The SMILES string of the molecule is N#CC(C[C@@H]1CCNC1=O)NC(=O)[C@@H]1[C@H]2CCC[C@H]2CN1C(=O)c1cc2c(Cl)ccc(C(F)(F)F)c2[nH]1. The second kappa shape index (κ2) is 9.56. The van der Waals surface area contributed by atoms with E-state index in [1.807, 2.05) is 6.07 Å². The Hall–Kier alpha value is -3.26. The van der Waals surface area contributed by atoms with Crippen LogP contribution in [0.25, 0.3) is 10.9 Å². The highest BCUT2D eigenvalue weighted by molar-refractivity contribution is 6.35. The van der Waals surface area contributed by atoms with Crippen LogP contribution in [-0.4, -0.2) is 52.8 Å². The molecule has 12 heteroatoms. The van der Waals surface area contributed by atoms with Gasteiger partial charge in [-0.15, -0.1) is 0 Å². The molecule has 0 radical (unpaired) electrons. The molecule has 3 fully saturated rings. The summed E-state index contributed by atoms with van der Waals surface area (Å²) in [4.78, 5) is 42.9. The van der Waals surface area contributed by atoms with Crippen LogP contribution in [-0.2, 0) is 15.8 Å². The number of rotatable bonds is 5. The molecule has 3 aliphatic rings. The molecule has 1 aliphatic carbocycles. The fourth-order valence-electron chi connectivity index (χ4n) is 6.10. The largest absolute Gasteiger partial charge is 0.418 e. The van der Waals surface area contributed by atoms with Crippen LogP contribution >= 0.6 is 11.6 Å². The second-order valence-corrected chi connectivity index (χ2v) is 10.4. The van der Waals surface area contributed by atoms with E-state index in [2.05, 4.69) is 15.6 Å². The van der Waals surface area contributed by atoms with E-state index in [9.17, 15) is 32.8 Å². The Morgan fingerprint density at radius 1 is 1.27 bits per heavy atom. The van der Waals surface area contributed by atoms with E-state index in [1.165, 1.54) is 11.0 Å². The molecule has 1 aromatic carbocycles. The second-order valence-electron chi connectivity index (χ2n) is 10.0. The molecule has 2 saturated heterocycles. The van der Waals surface area contributed by atoms with Gasteiger partial charge < -0.3 is 20.5 Å². The smallest absolute Gasteiger partial charge is 0.356 e. The molecule has 3 N–H and O–H groups in total. The molecule has 196 valence electrons. The first kappa shape index (κ1) is 25.4. The van der Waals surface area contributed by atoms with Gasteiger partial charge in [-0.25, -0.2) is 0 Å². The quantitative estimate of drug-likeness (QED) is 0.542. The van der Waals surface area contributed by atoms with Gasteiger partial charge in [0.2, 0.25) is 11.8 Å². The molecule has 2 aromatic rings. The number of likely N-dealkylation sites (tertiary alicyclic amines) is 1. The molecular formula is C25H25ClF3N5O3. The number of alkyl halides is 3. The zero-order valence-electron chi connectivity index (χ0n) is 19.7. The average molecular weight is 536 g/mol. The Morgan fingerprint density at radius 2 is 2.05 bits per heavy atom. The Morgan fingerprint density at radius 3 is 2.73 bits per heavy atom. The van der Waals surface area contributed by atoms with Crippen LogP contribution in [0.3, 0.4) is 0 Å². The third-order valence-electron chi connectivity index (χ3n) is 7.85. The number of H-pyrrole nitrogens is 1. The maximum absolute atomic E-state index is 13.6. The van der Waals surface area contributed by atoms with Crippen LogP contribution in [0.15, 0.2) is 18.2 Å². The maximum Gasteiger partial charge on any atom is 0.418 e. The zero-order valence-corrected chi connectivity index (χ0v) is 20.5. The topological polar surface area (TPSA) is 118 Å². The number of fused-ring (bicyclic) bond motifs is 2. The summed E-state index contributed by atoms with van der Waals surface area (Å²) in [7, 11) is 0. The van der Waals surface area contributed by atoms with Crippen molar-refractivity contribution >= 4 is 40.2 Å². The molecule has 37 heavy (non-hydrogen) atoms. The highest BCUT2D eigenvalue weighted by atomic mass is 35.5. The highest BCUT2D eigenvalue weighted by Crippen LogP contribution is 2.43. The lowest BCUT2D eigenvalue weighted by Gasteiger charge is -2.28. The van der Waals surface area contributed by atoms with E-state index < -0.39 is 35.6 Å². The van der Waals surface area contributed by atoms with Gasteiger partial charge in [-0.3, -0.25) is 14.4 Å². The van der Waals surface area contributed by atoms with Crippen LogP contribution in [0.4, 0.5) is 13.2 Å². The number of benzene rings is 1. The number of halogens is 4. The molecule has 1 saturated carbocycles. The van der Waals surface area contributed by atoms with Gasteiger partial charge in [0.1, 0.15) is 17.8 Å². The van der Waals surface area contributed by atoms with Crippen molar-refractivity contribution in [2.75, 3.05) is 13.1 Å². The Bertz CT molecular complexity index is 1300. The van der Waals surface area contributed by atoms with Crippen LogP contribution < -0.4 is 10.6 Å². The molecule has 2 aliphatic heterocycles. The summed E-state index contributed by atoms with van der Waals surface area (Å²) in [5.74, 6) is -1.64. The van der Waals surface area contributed by atoms with Gasteiger partial charge in [0, 0.05) is 29.4 Å². The summed E-state index contributed by atoms with van der Waals surface area (Å²) in [6.07, 6.45) is -1.44. The van der Waals surface area contributed by atoms with Gasteiger partial charge in [0.25, 0.3) is 5.91 Å². The number of aromatic amines is 1. The number of nitrogens with one attached hydrogen (secondary N) is 3. The van der Waals surface area contributed by atoms with Gasteiger partial charge >= 0.3 is 6.18 Å². The molecule has 8 nitrogen and oxygen atoms in total. The molecule has 5 rings (SSSR count). The lowest BCUT2D eigenvalue weighted by molar-refractivity contribution is -0.136. The Balaban J connectivity index is 1.41. The molecule has 0 bridgehead atoms. The van der Waals surface area contributed by atoms with Crippen LogP contribution in [0.1, 0.15) is 48.2 Å². The van der Waals surface area contributed by atoms with Crippen molar-refractivity contribution in [1.82, 2.24) is 20.5 Å². The molecule has 3 heterocycles. The fourth-order valence-corrected chi connectivity index (χ4v) is 6.31. The van der Waals surface area contributed by atoms with Crippen molar-refractivity contribution in [1.29, 1.82) is 5.26 Å². The number of carbonyl (C=O) groups is 3. The van der Waals surface area contributed by atoms with Gasteiger partial charge in [-0.2, -0.15) is 18.4 Å². The van der Waals surface area contributed by atoms with Crippen molar-refractivity contribution in [3.8, 4) is 6.07 Å². The average Bonchev–Trinajstić information content (AvgIpc) is 3.61. The van der Waals surface area contributed by atoms with Crippen molar-refractivity contribution in [2.24, 2.45) is 17.8 Å². The standard InChI is InChI=1S/C25H25ClF3N5O3/c26-18-5-4-17(25(27,28)29)20-16(18)9-19(33-20)24(37)34-11-13-2-1-3-15(13)21(34)23(36)32-14(10-30)8-12-6-7-31-22(12)35/h4-5,9,12-15,21,33H,1-3,6-8,11H2,(H,31,35)(H,32,36)/t12-,13-,14?,15-,21-/m0/s1. The van der Waals surface area contributed by atoms with Crippen molar-refractivity contribution < 1.29 is 27.6 Å². The van der Waals surface area contributed by atoms with Crippen molar-refractivity contribution in [3.05, 3.63) is 34.5 Å². The summed E-state index contributed by atoms with van der Waals surface area (Å²) < 4.78 is 40.6. The van der Waals surface area contributed by atoms with Crippen LogP contribution in [0.2, 0.25) is 5.02 Å². The third kappa shape index (κ3) is 4.63. The number of hydrogen-bond acceptors (Lipinski definition) is 4. The van der Waals surface area contributed by atoms with E-state index in [1.54, 1.807) is 0 Å². The summed E-state index contributed by atoms with van der Waals surface area (Å²) in [6, 6.07) is 3.56. The van der Waals surface area contributed by atoms with E-state index >= 15 is 0 Å². The summed E-state index contributed by atoms with van der Waals surface area (Å²) in [5, 5.41) is 15.2. The lowest BCUT2D eigenvalue weighted by atomic mass is 9.92. The third-order valence-corrected chi connectivity index (χ3v) is 8.18. The maximum atomic E-state index is 13.6. The first-order valence-electron chi connectivity index (χ1n) is 12.3. The number of carbonyl (C=O) groups excluding carboxylic acids is 3. The van der Waals surface area contributed by atoms with Crippen LogP contribution in [0.5, 0.6) is 0 Å². The van der Waals surface area contributed by atoms with Crippen molar-refractivity contribution in [3.63, 3.8) is 0 Å². The first-order chi connectivity index (χ1) is 17.6. The molecule has 0 spiro atoms. The number of aromatic nitrogens is 1. The summed E-state index contributed by atoms with van der Waals surface area (Å²) >= 11 is 6.13. The normalized spacial score (nSPS) is 26.1. The zero-order chi connectivity index (χ0) is 26.5. The number of nitrogens with zero attached hydrogens (tertiary/aromatic N) is 2. The lowest BCUT2D eigenvalue weighted by Crippen LogP contribution is -2.51. The van der Waals surface area contributed by atoms with Gasteiger partial charge in [-0.1, -0.05) is 18.0 Å². The number of amides is 3. The van der Waals surface area contributed by atoms with Gasteiger partial charge in [0.15, 0.2) is 0 Å². The van der Waals surface area contributed by atoms with E-state index in [4.69, 9.17) is 11.6 Å². The molecule has 5 atom stereocenters. The monoisotopic (exact) mass is 535 g/mol. The minimum Gasteiger partial charge on any atom is -0.356 e. The van der Waals surface area contributed by atoms with Crippen molar-refractivity contribution in [2.45, 2.75) is 50.4 Å². The predicted octanol–water partition coefficient (Wildman–Crippen LogP) is 3.62. The molecule has 1 unspecified atom stereocenters. The number of nitriles is 1. The Kier molecular flexibility index (Phi) is 6.56. The summed E-state index contributed by atoms with van der Waals surface area (Å²) in [5.41, 5.74) is -1.32. The molecule has 3 amide bonds. The van der Waals surface area contributed by atoms with Gasteiger partial charge in [-0.05, 0) is 55.7 Å². The fraction of sp³-hybridized carbons (Fsp3) is 0.520. The Labute approximate surface area is 215 Å². The van der Waals surface area contributed by atoms with Gasteiger partial charge in [0.05, 0.1) is 17.1 Å². The summed E-state index contributed by atoms with van der Waals surface area (Å²) in [6.45, 7) is 0.813. The number of hydrogen-bond donors (Lipinski definition) is 3. The highest BCUT2D eigenvalue weighted by Gasteiger charge is 2.50. The van der Waals surface area contributed by atoms with Crippen LogP contribution in [0, 0.1) is 29.1 Å². The predicted molar refractivity (Wildman–Crippen MR) is 127 cm³/mol. The molecule has 1 aromatic heterocycles.